The second kappa shape index (κ2) is 6.86. The average Bonchev–Trinajstić information content (AvgIpc) is 2.47. The largest absolute Gasteiger partial charge is 0.461 e. The van der Waals surface area contributed by atoms with Crippen LogP contribution in [-0.2, 0) is 16.1 Å². The highest BCUT2D eigenvalue weighted by Crippen LogP contribution is 2.34. The molecule has 110 valence electrons. The summed E-state index contributed by atoms with van der Waals surface area (Å²) in [6.07, 6.45) is 2.75. The number of carbonyl (C=O) groups is 1. The van der Waals surface area contributed by atoms with Crippen molar-refractivity contribution >= 4 is 5.97 Å². The molecule has 0 spiro atoms. The van der Waals surface area contributed by atoms with E-state index < -0.39 is 5.60 Å². The molecule has 0 unspecified atom stereocenters. The van der Waals surface area contributed by atoms with Gasteiger partial charge >= 0.3 is 5.97 Å². The van der Waals surface area contributed by atoms with E-state index in [0.29, 0.717) is 38.7 Å². The fourth-order valence-corrected chi connectivity index (χ4v) is 2.70. The number of hydrogen-bond acceptors (Lipinski definition) is 4. The van der Waals surface area contributed by atoms with Gasteiger partial charge in [-0.1, -0.05) is 30.3 Å². The van der Waals surface area contributed by atoms with Crippen molar-refractivity contribution in [1.82, 2.24) is 0 Å². The van der Waals surface area contributed by atoms with Crippen LogP contribution in [-0.4, -0.2) is 28.4 Å². The Kier molecular flexibility index (Phi) is 5.15. The van der Waals surface area contributed by atoms with Crippen molar-refractivity contribution in [2.45, 2.75) is 44.3 Å². The summed E-state index contributed by atoms with van der Waals surface area (Å²) in [6, 6.07) is 9.61. The lowest BCUT2D eigenvalue weighted by Gasteiger charge is -2.34. The lowest BCUT2D eigenvalue weighted by Crippen LogP contribution is -2.37. The van der Waals surface area contributed by atoms with Gasteiger partial charge in [0.25, 0.3) is 0 Å². The van der Waals surface area contributed by atoms with E-state index in [1.807, 2.05) is 30.3 Å². The highest BCUT2D eigenvalue weighted by molar-refractivity contribution is 5.72. The van der Waals surface area contributed by atoms with E-state index in [0.717, 1.165) is 5.56 Å². The molecule has 20 heavy (non-hydrogen) atoms. The van der Waals surface area contributed by atoms with E-state index in [1.165, 1.54) is 0 Å². The lowest BCUT2D eigenvalue weighted by atomic mass is 9.77. The van der Waals surface area contributed by atoms with Crippen molar-refractivity contribution < 1.29 is 19.7 Å². The Morgan fingerprint density at radius 2 is 1.90 bits per heavy atom. The monoisotopic (exact) mass is 278 g/mol. The molecule has 0 radical (unpaired) electrons. The second-order valence-electron chi connectivity index (χ2n) is 5.57. The predicted molar refractivity (Wildman–Crippen MR) is 74.8 cm³/mol. The van der Waals surface area contributed by atoms with Crippen LogP contribution in [0.5, 0.6) is 0 Å². The molecule has 4 heteroatoms. The van der Waals surface area contributed by atoms with Gasteiger partial charge in [0.15, 0.2) is 0 Å². The smallest absolute Gasteiger partial charge is 0.309 e. The molecule has 0 amide bonds. The third-order valence-electron chi connectivity index (χ3n) is 4.05. The maximum atomic E-state index is 12.0. The Balaban J connectivity index is 1.77. The maximum absolute atomic E-state index is 12.0. The normalized spacial score (nSPS) is 26.2. The Morgan fingerprint density at radius 1 is 1.25 bits per heavy atom. The number of benzene rings is 1. The Hall–Kier alpha value is -1.39. The fourth-order valence-electron chi connectivity index (χ4n) is 2.70. The standard InChI is InChI=1S/C16H22O4/c17-11-10-16(19)8-6-14(7-9-16)15(18)20-12-13-4-2-1-3-5-13/h1-5,14,17,19H,6-12H2. The van der Waals surface area contributed by atoms with Gasteiger partial charge in [-0.15, -0.1) is 0 Å². The van der Waals surface area contributed by atoms with E-state index in [2.05, 4.69) is 0 Å². The number of aliphatic hydroxyl groups excluding tert-OH is 1. The fraction of sp³-hybridized carbons (Fsp3) is 0.562. The highest BCUT2D eigenvalue weighted by atomic mass is 16.5. The summed E-state index contributed by atoms with van der Waals surface area (Å²) in [5.41, 5.74) is 0.179. The van der Waals surface area contributed by atoms with Crippen molar-refractivity contribution in [3.05, 3.63) is 35.9 Å². The minimum Gasteiger partial charge on any atom is -0.461 e. The molecule has 0 atom stereocenters. The molecule has 1 saturated carbocycles. The molecular formula is C16H22O4. The molecule has 0 aromatic heterocycles. The topological polar surface area (TPSA) is 66.8 Å². The minimum absolute atomic E-state index is 0.0143. The highest BCUT2D eigenvalue weighted by Gasteiger charge is 2.35. The van der Waals surface area contributed by atoms with Gasteiger partial charge in [0.2, 0.25) is 0 Å². The second-order valence-corrected chi connectivity index (χ2v) is 5.57. The van der Waals surface area contributed by atoms with Crippen LogP contribution in [0.3, 0.4) is 0 Å². The van der Waals surface area contributed by atoms with Crippen LogP contribution in [0.1, 0.15) is 37.7 Å². The molecule has 0 bridgehead atoms. The first-order valence-corrected chi connectivity index (χ1v) is 7.17. The van der Waals surface area contributed by atoms with Gasteiger partial charge in [-0.25, -0.2) is 0 Å². The number of aliphatic hydroxyl groups is 2. The quantitative estimate of drug-likeness (QED) is 0.809. The van der Waals surface area contributed by atoms with Crippen LogP contribution in [0.15, 0.2) is 30.3 Å². The van der Waals surface area contributed by atoms with Crippen molar-refractivity contribution in [3.63, 3.8) is 0 Å². The van der Waals surface area contributed by atoms with Crippen LogP contribution >= 0.6 is 0 Å². The van der Waals surface area contributed by atoms with E-state index in [9.17, 15) is 9.90 Å². The minimum atomic E-state index is -0.801. The number of esters is 1. The zero-order valence-corrected chi connectivity index (χ0v) is 11.6. The zero-order chi connectivity index (χ0) is 14.4. The SMILES string of the molecule is O=C(OCc1ccccc1)C1CCC(O)(CCO)CC1. The average molecular weight is 278 g/mol. The zero-order valence-electron chi connectivity index (χ0n) is 11.6. The molecule has 1 aliphatic carbocycles. The van der Waals surface area contributed by atoms with E-state index >= 15 is 0 Å². The molecule has 1 aliphatic rings. The summed E-state index contributed by atoms with van der Waals surface area (Å²) in [5.74, 6) is -0.308. The van der Waals surface area contributed by atoms with Crippen LogP contribution in [0, 0.1) is 5.92 Å². The first kappa shape index (κ1) is 15.0. The molecular weight excluding hydrogens is 256 g/mol. The van der Waals surface area contributed by atoms with Gasteiger partial charge < -0.3 is 14.9 Å². The van der Waals surface area contributed by atoms with Crippen molar-refractivity contribution in [1.29, 1.82) is 0 Å². The molecule has 4 nitrogen and oxygen atoms in total. The molecule has 0 saturated heterocycles. The number of carbonyl (C=O) groups excluding carboxylic acids is 1. The van der Waals surface area contributed by atoms with Crippen molar-refractivity contribution in [2.75, 3.05) is 6.61 Å². The summed E-state index contributed by atoms with van der Waals surface area (Å²) in [6.45, 7) is 0.288. The van der Waals surface area contributed by atoms with Gasteiger partial charge in [0, 0.05) is 6.61 Å². The summed E-state index contributed by atoms with van der Waals surface area (Å²) in [7, 11) is 0. The number of rotatable bonds is 5. The van der Waals surface area contributed by atoms with Crippen LogP contribution in [0.4, 0.5) is 0 Å². The van der Waals surface area contributed by atoms with Gasteiger partial charge in [-0.3, -0.25) is 4.79 Å². The summed E-state index contributed by atoms with van der Waals surface area (Å²) < 4.78 is 5.33. The van der Waals surface area contributed by atoms with Crippen LogP contribution in [0.2, 0.25) is 0 Å². The molecule has 1 fully saturated rings. The third-order valence-corrected chi connectivity index (χ3v) is 4.05. The predicted octanol–water partition coefficient (Wildman–Crippen LogP) is 2.03. The third kappa shape index (κ3) is 4.05. The van der Waals surface area contributed by atoms with E-state index in [1.54, 1.807) is 0 Å². The summed E-state index contributed by atoms with van der Waals surface area (Å²) >= 11 is 0. The van der Waals surface area contributed by atoms with E-state index in [-0.39, 0.29) is 18.5 Å². The lowest BCUT2D eigenvalue weighted by molar-refractivity contribution is -0.153. The molecule has 1 aromatic carbocycles. The Labute approximate surface area is 119 Å². The molecule has 0 heterocycles. The van der Waals surface area contributed by atoms with Crippen molar-refractivity contribution in [2.24, 2.45) is 5.92 Å². The summed E-state index contributed by atoms with van der Waals surface area (Å²) in [4.78, 5) is 12.0. The molecule has 2 N–H and O–H groups in total. The van der Waals surface area contributed by atoms with Crippen molar-refractivity contribution in [3.8, 4) is 0 Å². The first-order chi connectivity index (χ1) is 9.63. The van der Waals surface area contributed by atoms with Gasteiger partial charge in [0.1, 0.15) is 6.61 Å². The Bertz CT molecular complexity index is 421. The van der Waals surface area contributed by atoms with Gasteiger partial charge in [-0.2, -0.15) is 0 Å². The molecule has 2 rings (SSSR count). The molecule has 1 aromatic rings. The maximum Gasteiger partial charge on any atom is 0.309 e. The molecule has 0 aliphatic heterocycles. The number of hydrogen-bond donors (Lipinski definition) is 2. The Morgan fingerprint density at radius 3 is 2.50 bits per heavy atom. The summed E-state index contributed by atoms with van der Waals surface area (Å²) in [5, 5.41) is 19.1. The number of ether oxygens (including phenoxy) is 1. The van der Waals surface area contributed by atoms with Crippen LogP contribution < -0.4 is 0 Å². The van der Waals surface area contributed by atoms with E-state index in [4.69, 9.17) is 9.84 Å². The van der Waals surface area contributed by atoms with Crippen LogP contribution in [0.25, 0.3) is 0 Å². The van der Waals surface area contributed by atoms with Gasteiger partial charge in [0.05, 0.1) is 11.5 Å². The first-order valence-electron chi connectivity index (χ1n) is 7.17. The van der Waals surface area contributed by atoms with Gasteiger partial charge in [-0.05, 0) is 37.7 Å².